The largest absolute Gasteiger partial charge is 0.481 e. The summed E-state index contributed by atoms with van der Waals surface area (Å²) in [6, 6.07) is -18.1. The summed E-state index contributed by atoms with van der Waals surface area (Å²) in [6.45, 7) is -1.46. The molecule has 0 aromatic carbocycles. The molecule has 0 heterocycles. The lowest BCUT2D eigenvalue weighted by molar-refractivity contribution is -0.143. The molecule has 0 fully saturated rings. The lowest BCUT2D eigenvalue weighted by atomic mass is 10.0. The van der Waals surface area contributed by atoms with Crippen molar-refractivity contribution in [3.63, 3.8) is 0 Å². The summed E-state index contributed by atoms with van der Waals surface area (Å²) in [4.78, 5) is 211. The SMILES string of the molecule is CC(=O)N[C@H](CO)C(=O)N[C@H](CCC(=O)O)C(=O)N[C@H](CC(=O)O)C(=O)N[C@H](CC(N)=O)C(=O)N[C@H](CO)C(=O)N[C@H](CC(=O)O)C(=O)N[C@H](CCCC(=O)O)C(=O)N[C@H](CCC(=O)O)C(=O)N[C@H](CC(N)=O)C(N)=O. The first-order valence-corrected chi connectivity index (χ1v) is 22.2. The van der Waals surface area contributed by atoms with Gasteiger partial charge in [0.25, 0.3) is 0 Å². The Morgan fingerprint density at radius 2 is 0.592 bits per heavy atom. The number of amides is 12. The molecule has 0 saturated heterocycles. The molecule has 36 heteroatoms. The van der Waals surface area contributed by atoms with E-state index in [4.69, 9.17) is 27.4 Å². The molecule has 0 saturated carbocycles. The van der Waals surface area contributed by atoms with Gasteiger partial charge < -0.3 is 101 Å². The van der Waals surface area contributed by atoms with Crippen molar-refractivity contribution in [1.29, 1.82) is 0 Å². The number of aliphatic carboxylic acids is 5. The van der Waals surface area contributed by atoms with E-state index in [1.165, 1.54) is 0 Å². The van der Waals surface area contributed by atoms with E-state index in [9.17, 15) is 107 Å². The highest BCUT2D eigenvalue weighted by atomic mass is 16.4. The van der Waals surface area contributed by atoms with Crippen molar-refractivity contribution in [2.45, 2.75) is 132 Å². The highest BCUT2D eigenvalue weighted by Gasteiger charge is 2.37. The Kier molecular flexibility index (Phi) is 29.6. The summed E-state index contributed by atoms with van der Waals surface area (Å²) in [5.74, 6) is -24.2. The van der Waals surface area contributed by atoms with Crippen LogP contribution in [0, 0.1) is 0 Å². The van der Waals surface area contributed by atoms with Gasteiger partial charge in [-0.05, 0) is 25.7 Å². The predicted molar refractivity (Wildman–Crippen MR) is 244 cm³/mol. The average Bonchev–Trinajstić information content (AvgIpc) is 3.29. The van der Waals surface area contributed by atoms with Gasteiger partial charge in [0.1, 0.15) is 54.4 Å². The van der Waals surface area contributed by atoms with Crippen LogP contribution in [0.2, 0.25) is 0 Å². The first kappa shape index (κ1) is 66.9. The van der Waals surface area contributed by atoms with Crippen LogP contribution in [0.15, 0.2) is 0 Å². The molecule has 0 aliphatic heterocycles. The summed E-state index contributed by atoms with van der Waals surface area (Å²) in [5, 5.41) is 84.0. The molecule has 0 radical (unpaired) electrons. The molecule has 0 aliphatic rings. The Morgan fingerprint density at radius 1 is 0.329 bits per heavy atom. The van der Waals surface area contributed by atoms with Gasteiger partial charge in [0.15, 0.2) is 0 Å². The van der Waals surface area contributed by atoms with Crippen LogP contribution in [0.3, 0.4) is 0 Å². The van der Waals surface area contributed by atoms with Crippen LogP contribution in [0.1, 0.15) is 77.6 Å². The van der Waals surface area contributed by atoms with Crippen molar-refractivity contribution >= 4 is 101 Å². The number of carboxylic acids is 5. The Labute approximate surface area is 427 Å². The van der Waals surface area contributed by atoms with Crippen LogP contribution in [0.4, 0.5) is 0 Å². The second-order valence-electron chi connectivity index (χ2n) is 16.2. The van der Waals surface area contributed by atoms with Gasteiger partial charge in [-0.2, -0.15) is 0 Å². The van der Waals surface area contributed by atoms with Crippen LogP contribution < -0.4 is 65.1 Å². The minimum absolute atomic E-state index is 0.415. The predicted octanol–water partition coefficient (Wildman–Crippen LogP) is -10.5. The zero-order chi connectivity index (χ0) is 58.6. The Balaban J connectivity index is 6.70. The molecule has 0 spiro atoms. The van der Waals surface area contributed by atoms with E-state index in [1.54, 1.807) is 0 Å². The van der Waals surface area contributed by atoms with Crippen LogP contribution >= 0.6 is 0 Å². The van der Waals surface area contributed by atoms with Crippen molar-refractivity contribution in [2.75, 3.05) is 13.2 Å². The number of carbonyl (C=O) groups is 17. The van der Waals surface area contributed by atoms with E-state index in [1.807, 2.05) is 42.5 Å². The van der Waals surface area contributed by atoms with Crippen molar-refractivity contribution < 1.29 is 117 Å². The summed E-state index contributed by atoms with van der Waals surface area (Å²) in [6.07, 6.45) is -9.40. The molecular weight excluding hydrogens is 1030 g/mol. The molecule has 76 heavy (non-hydrogen) atoms. The molecule has 36 nitrogen and oxygen atoms in total. The summed E-state index contributed by atoms with van der Waals surface area (Å²) < 4.78 is 0. The molecule has 12 amide bonds. The number of hydrogen-bond acceptors (Lipinski definition) is 19. The standard InChI is InChI=1S/C40H60N12O24/c1-15(55)44-23(13-53)39(75)47-18(6-8-29(62)63)35(71)50-22(12-31(66)67)38(74)49-20(10-26(42)57)36(72)52-24(14-54)40(76)51-21(11-30(64)65)37(73)45-16(3-2-4-27(58)59)33(69)46-17(5-7-28(60)61)34(70)48-19(32(43)68)9-25(41)56/h16-24,53-54H,2-14H2,1H3,(H2,41,56)(H2,42,57)(H2,43,68)(H,44,55)(H,45,73)(H,46,69)(H,47,75)(H,48,70)(H,49,74)(H,50,71)(H,51,76)(H,52,72)(H,58,59)(H,60,61)(H,62,63)(H,64,65)(H,66,67)/t16-,17-,18-,19-,20-,21-,22-,23-,24-/m1/s1. The second kappa shape index (κ2) is 33.6. The number of aliphatic hydroxyl groups is 2. The lowest BCUT2D eigenvalue weighted by Gasteiger charge is -2.27. The second-order valence-corrected chi connectivity index (χ2v) is 16.2. The summed E-state index contributed by atoms with van der Waals surface area (Å²) in [5.41, 5.74) is 15.5. The van der Waals surface area contributed by atoms with Gasteiger partial charge in [0, 0.05) is 26.2 Å². The highest BCUT2D eigenvalue weighted by molar-refractivity contribution is 6.01. The first-order valence-electron chi connectivity index (χ1n) is 22.2. The molecule has 9 atom stereocenters. The van der Waals surface area contributed by atoms with E-state index in [2.05, 4.69) is 5.32 Å². The monoisotopic (exact) mass is 1090 g/mol. The summed E-state index contributed by atoms with van der Waals surface area (Å²) in [7, 11) is 0. The fraction of sp³-hybridized carbons (Fsp3) is 0.575. The molecule has 0 bridgehead atoms. The number of nitrogens with two attached hydrogens (primary N) is 3. The smallest absolute Gasteiger partial charge is 0.305 e. The fourth-order valence-corrected chi connectivity index (χ4v) is 6.21. The fourth-order valence-electron chi connectivity index (χ4n) is 6.21. The van der Waals surface area contributed by atoms with Gasteiger partial charge in [-0.1, -0.05) is 0 Å². The molecule has 0 rings (SSSR count). The summed E-state index contributed by atoms with van der Waals surface area (Å²) >= 11 is 0. The number of rotatable bonds is 38. The maximum atomic E-state index is 13.6. The van der Waals surface area contributed by atoms with Crippen LogP contribution in [0.5, 0.6) is 0 Å². The zero-order valence-corrected chi connectivity index (χ0v) is 40.2. The number of carboxylic acid groups (broad SMARTS) is 5. The van der Waals surface area contributed by atoms with Gasteiger partial charge in [-0.3, -0.25) is 81.5 Å². The minimum atomic E-state index is -2.26. The number of hydrogen-bond donors (Lipinski definition) is 19. The molecule has 22 N–H and O–H groups in total. The van der Waals surface area contributed by atoms with Gasteiger partial charge in [0.2, 0.25) is 70.9 Å². The van der Waals surface area contributed by atoms with E-state index < -0.39 is 239 Å². The Hall–Kier alpha value is -9.09. The Morgan fingerprint density at radius 3 is 0.895 bits per heavy atom. The van der Waals surface area contributed by atoms with Gasteiger partial charge in [0.05, 0.1) is 38.9 Å². The van der Waals surface area contributed by atoms with Crippen LogP contribution in [0.25, 0.3) is 0 Å². The van der Waals surface area contributed by atoms with E-state index in [0.717, 1.165) is 6.92 Å². The maximum absolute atomic E-state index is 13.6. The van der Waals surface area contributed by atoms with E-state index >= 15 is 0 Å². The molecule has 424 valence electrons. The minimum Gasteiger partial charge on any atom is -0.481 e. The molecular formula is C40H60N12O24. The van der Waals surface area contributed by atoms with Crippen LogP contribution in [-0.2, 0) is 81.5 Å². The lowest BCUT2D eigenvalue weighted by Crippen LogP contribution is -2.61. The van der Waals surface area contributed by atoms with E-state index in [0.29, 0.717) is 0 Å². The topological polar surface area (TPSA) is 618 Å². The zero-order valence-electron chi connectivity index (χ0n) is 40.2. The Bertz CT molecular complexity index is 2230. The number of nitrogens with one attached hydrogen (secondary N) is 9. The number of primary amides is 3. The maximum Gasteiger partial charge on any atom is 0.305 e. The molecule has 0 aromatic rings. The highest BCUT2D eigenvalue weighted by Crippen LogP contribution is 2.09. The van der Waals surface area contributed by atoms with Gasteiger partial charge >= 0.3 is 29.8 Å². The van der Waals surface area contributed by atoms with Gasteiger partial charge in [-0.25, -0.2) is 0 Å². The van der Waals surface area contributed by atoms with Gasteiger partial charge in [-0.15, -0.1) is 0 Å². The van der Waals surface area contributed by atoms with Crippen molar-refractivity contribution in [2.24, 2.45) is 17.2 Å². The average molecular weight is 1090 g/mol. The quantitative estimate of drug-likeness (QED) is 0.0273. The van der Waals surface area contributed by atoms with Crippen molar-refractivity contribution in [3.8, 4) is 0 Å². The number of carbonyl (C=O) groups excluding carboxylic acids is 12. The molecule has 0 aliphatic carbocycles. The first-order chi connectivity index (χ1) is 35.3. The van der Waals surface area contributed by atoms with Crippen molar-refractivity contribution in [3.05, 3.63) is 0 Å². The van der Waals surface area contributed by atoms with Crippen molar-refractivity contribution in [1.82, 2.24) is 47.9 Å². The third kappa shape index (κ3) is 27.1. The molecule has 0 aromatic heterocycles. The third-order valence-corrected chi connectivity index (χ3v) is 9.90. The normalized spacial score (nSPS) is 14.2. The molecule has 0 unspecified atom stereocenters. The third-order valence-electron chi connectivity index (χ3n) is 9.90. The number of aliphatic hydroxyl groups excluding tert-OH is 2. The van der Waals surface area contributed by atoms with Crippen LogP contribution in [-0.4, -0.2) is 204 Å². The van der Waals surface area contributed by atoms with E-state index in [-0.39, 0.29) is 0 Å².